The molecule has 0 saturated heterocycles. The maximum atomic E-state index is 12.6. The molecule has 130 valence electrons. The molecule has 0 aliphatic rings. The number of phenolic OH excluding ortho intramolecular Hbond substituents is 1. The van der Waals surface area contributed by atoms with E-state index in [4.69, 9.17) is 4.74 Å². The van der Waals surface area contributed by atoms with E-state index in [1.165, 1.54) is 37.4 Å². The first kappa shape index (κ1) is 18.2. The highest BCUT2D eigenvalue weighted by atomic mass is 19.4. The first-order chi connectivity index (χ1) is 11.8. The second-order valence-electron chi connectivity index (χ2n) is 4.95. The van der Waals surface area contributed by atoms with Gasteiger partial charge in [0.2, 0.25) is 0 Å². The van der Waals surface area contributed by atoms with Crippen LogP contribution in [-0.2, 0) is 6.18 Å². The lowest BCUT2D eigenvalue weighted by atomic mass is 10.1. The lowest BCUT2D eigenvalue weighted by Crippen LogP contribution is -2.23. The molecule has 25 heavy (non-hydrogen) atoms. The molecule has 0 aromatic heterocycles. The third-order valence-corrected chi connectivity index (χ3v) is 3.21. The molecule has 0 spiro atoms. The summed E-state index contributed by atoms with van der Waals surface area (Å²) in [6.45, 7) is -0.0828. The molecular weight excluding hydrogens is 335 g/mol. The molecule has 1 amide bonds. The van der Waals surface area contributed by atoms with Gasteiger partial charge in [0.1, 0.15) is 11.5 Å². The van der Waals surface area contributed by atoms with Gasteiger partial charge in [-0.05, 0) is 30.3 Å². The summed E-state index contributed by atoms with van der Waals surface area (Å²) in [6, 6.07) is 8.81. The van der Waals surface area contributed by atoms with Crippen LogP contribution in [-0.4, -0.2) is 24.7 Å². The Morgan fingerprint density at radius 3 is 2.64 bits per heavy atom. The van der Waals surface area contributed by atoms with E-state index in [-0.39, 0.29) is 23.4 Å². The fraction of sp³-hybridized carbons (Fsp3) is 0.167. The van der Waals surface area contributed by atoms with Crippen LogP contribution in [0.3, 0.4) is 0 Å². The summed E-state index contributed by atoms with van der Waals surface area (Å²) in [5, 5.41) is 12.2. The highest BCUT2D eigenvalue weighted by molar-refractivity contribution is 5.97. The quantitative estimate of drug-likeness (QED) is 0.837. The Morgan fingerprint density at radius 1 is 1.24 bits per heavy atom. The minimum absolute atomic E-state index is 0.0432. The highest BCUT2D eigenvalue weighted by Gasteiger charge is 2.30. The maximum Gasteiger partial charge on any atom is 0.416 e. The molecule has 0 heterocycles. The molecule has 0 atom stereocenters. The number of halogens is 3. The van der Waals surface area contributed by atoms with Crippen LogP contribution in [0.2, 0.25) is 0 Å². The van der Waals surface area contributed by atoms with Crippen LogP contribution < -0.4 is 10.1 Å². The molecule has 4 nitrogen and oxygen atoms in total. The molecule has 0 radical (unpaired) electrons. The first-order valence-corrected chi connectivity index (χ1v) is 7.12. The second kappa shape index (κ2) is 7.62. The third kappa shape index (κ3) is 4.91. The number of rotatable bonds is 3. The van der Waals surface area contributed by atoms with Gasteiger partial charge in [-0.25, -0.2) is 0 Å². The molecule has 0 aliphatic carbocycles. The number of hydrogen-bond acceptors (Lipinski definition) is 3. The molecule has 2 N–H and O–H groups in total. The predicted octanol–water partition coefficient (Wildman–Crippen LogP) is 3.20. The van der Waals surface area contributed by atoms with Crippen molar-refractivity contribution in [2.24, 2.45) is 0 Å². The molecule has 0 bridgehead atoms. The fourth-order valence-corrected chi connectivity index (χ4v) is 1.97. The monoisotopic (exact) mass is 349 g/mol. The summed E-state index contributed by atoms with van der Waals surface area (Å²) in [5.74, 6) is 4.71. The summed E-state index contributed by atoms with van der Waals surface area (Å²) in [6.07, 6.45) is -4.43. The van der Waals surface area contributed by atoms with E-state index < -0.39 is 17.6 Å². The van der Waals surface area contributed by atoms with Crippen LogP contribution in [0.25, 0.3) is 0 Å². The predicted molar refractivity (Wildman–Crippen MR) is 85.3 cm³/mol. The van der Waals surface area contributed by atoms with Gasteiger partial charge in [0.15, 0.2) is 0 Å². The average molecular weight is 349 g/mol. The van der Waals surface area contributed by atoms with Crippen molar-refractivity contribution in [3.8, 4) is 23.3 Å². The normalized spacial score (nSPS) is 10.6. The Kier molecular flexibility index (Phi) is 5.55. The van der Waals surface area contributed by atoms with Crippen LogP contribution in [0.15, 0.2) is 42.5 Å². The Labute approximate surface area is 142 Å². The Morgan fingerprint density at radius 2 is 2.00 bits per heavy atom. The minimum Gasteiger partial charge on any atom is -0.507 e. The van der Waals surface area contributed by atoms with E-state index in [9.17, 15) is 23.1 Å². The van der Waals surface area contributed by atoms with Gasteiger partial charge >= 0.3 is 6.18 Å². The zero-order valence-electron chi connectivity index (χ0n) is 13.1. The van der Waals surface area contributed by atoms with Crippen LogP contribution in [0.4, 0.5) is 13.2 Å². The number of carbonyl (C=O) groups is 1. The lowest BCUT2D eigenvalue weighted by molar-refractivity contribution is -0.137. The van der Waals surface area contributed by atoms with Gasteiger partial charge in [-0.15, -0.1) is 0 Å². The summed E-state index contributed by atoms with van der Waals surface area (Å²) in [7, 11) is 1.43. The summed E-state index contributed by atoms with van der Waals surface area (Å²) in [5.41, 5.74) is -0.551. The molecule has 0 saturated carbocycles. The molecule has 0 unspecified atom stereocenters. The Hall–Kier alpha value is -3.14. The molecule has 7 heteroatoms. The molecule has 2 rings (SSSR count). The number of carbonyl (C=O) groups excluding carboxylic acids is 1. The number of hydrogen-bond donors (Lipinski definition) is 2. The highest BCUT2D eigenvalue weighted by Crippen LogP contribution is 2.29. The van der Waals surface area contributed by atoms with Gasteiger partial charge in [-0.2, -0.15) is 13.2 Å². The van der Waals surface area contributed by atoms with Crippen LogP contribution in [0, 0.1) is 11.8 Å². The van der Waals surface area contributed by atoms with Crippen molar-refractivity contribution in [2.75, 3.05) is 13.7 Å². The molecule has 2 aromatic carbocycles. The first-order valence-electron chi connectivity index (χ1n) is 7.12. The summed E-state index contributed by atoms with van der Waals surface area (Å²) >= 11 is 0. The largest absolute Gasteiger partial charge is 0.507 e. The van der Waals surface area contributed by atoms with Gasteiger partial charge in [-0.1, -0.05) is 17.9 Å². The summed E-state index contributed by atoms with van der Waals surface area (Å²) < 4.78 is 42.7. The van der Waals surface area contributed by atoms with Crippen molar-refractivity contribution in [2.45, 2.75) is 6.18 Å². The number of ether oxygens (including phenoxy) is 1. The number of amides is 1. The zero-order chi connectivity index (χ0) is 18.4. The van der Waals surface area contributed by atoms with Gasteiger partial charge < -0.3 is 15.2 Å². The van der Waals surface area contributed by atoms with E-state index in [0.29, 0.717) is 5.75 Å². The number of aromatic hydroxyl groups is 1. The number of phenols is 1. The fourth-order valence-electron chi connectivity index (χ4n) is 1.97. The van der Waals surface area contributed by atoms with E-state index in [1.807, 2.05) is 0 Å². The average Bonchev–Trinajstić information content (AvgIpc) is 2.58. The Bertz CT molecular complexity index is 835. The van der Waals surface area contributed by atoms with Crippen molar-refractivity contribution in [3.63, 3.8) is 0 Å². The molecular formula is C18H14F3NO3. The van der Waals surface area contributed by atoms with Gasteiger partial charge in [0, 0.05) is 11.6 Å². The van der Waals surface area contributed by atoms with Crippen molar-refractivity contribution in [3.05, 3.63) is 59.2 Å². The second-order valence-corrected chi connectivity index (χ2v) is 4.95. The van der Waals surface area contributed by atoms with Crippen LogP contribution in [0.5, 0.6) is 11.5 Å². The van der Waals surface area contributed by atoms with Crippen LogP contribution in [0.1, 0.15) is 21.5 Å². The number of benzene rings is 2. The Balaban J connectivity index is 2.00. The SMILES string of the molecule is COc1ccc(C(=O)NCC#Cc2cccc(C(F)(F)F)c2)c(O)c1. The topological polar surface area (TPSA) is 58.6 Å². The van der Waals surface area contributed by atoms with Crippen molar-refractivity contribution in [1.82, 2.24) is 5.32 Å². The number of methoxy groups -OCH3 is 1. The van der Waals surface area contributed by atoms with E-state index >= 15 is 0 Å². The zero-order valence-corrected chi connectivity index (χ0v) is 13.1. The van der Waals surface area contributed by atoms with Crippen molar-refractivity contribution >= 4 is 5.91 Å². The smallest absolute Gasteiger partial charge is 0.416 e. The van der Waals surface area contributed by atoms with Crippen molar-refractivity contribution in [1.29, 1.82) is 0 Å². The van der Waals surface area contributed by atoms with Crippen LogP contribution >= 0.6 is 0 Å². The molecule has 0 aliphatic heterocycles. The summed E-state index contributed by atoms with van der Waals surface area (Å²) in [4.78, 5) is 11.9. The standard InChI is InChI=1S/C18H14F3NO3/c1-25-14-7-8-15(16(23)11-14)17(24)22-9-3-5-12-4-2-6-13(10-12)18(19,20)21/h2,4,6-8,10-11,23H,9H2,1H3,(H,22,24). The number of alkyl halides is 3. The number of nitrogens with one attached hydrogen (secondary N) is 1. The molecule has 0 fully saturated rings. The van der Waals surface area contributed by atoms with Gasteiger partial charge in [-0.3, -0.25) is 4.79 Å². The van der Waals surface area contributed by atoms with Gasteiger partial charge in [0.05, 0.1) is 24.8 Å². The maximum absolute atomic E-state index is 12.6. The third-order valence-electron chi connectivity index (χ3n) is 3.21. The lowest BCUT2D eigenvalue weighted by Gasteiger charge is -2.06. The minimum atomic E-state index is -4.43. The molecule has 2 aromatic rings. The van der Waals surface area contributed by atoms with Crippen molar-refractivity contribution < 1.29 is 27.8 Å². The van der Waals surface area contributed by atoms with Gasteiger partial charge in [0.25, 0.3) is 5.91 Å². The van der Waals surface area contributed by atoms with E-state index in [2.05, 4.69) is 17.2 Å². The van der Waals surface area contributed by atoms with E-state index in [0.717, 1.165) is 12.1 Å². The van der Waals surface area contributed by atoms with E-state index in [1.54, 1.807) is 0 Å².